The molecule has 0 fully saturated rings. The molecule has 0 unspecified atom stereocenters. The van der Waals surface area contributed by atoms with Crippen molar-refractivity contribution in [3.8, 4) is 5.75 Å². The molecular formula is C26H23Cl2NO4. The average molecular weight is 484 g/mol. The molecule has 0 aliphatic rings. The maximum atomic E-state index is 12.0. The summed E-state index contributed by atoms with van der Waals surface area (Å²) in [4.78, 5) is 24.0. The van der Waals surface area contributed by atoms with Crippen molar-refractivity contribution in [1.29, 1.82) is 0 Å². The van der Waals surface area contributed by atoms with Crippen molar-refractivity contribution >= 4 is 46.8 Å². The fourth-order valence-corrected chi connectivity index (χ4v) is 3.50. The van der Waals surface area contributed by atoms with Gasteiger partial charge in [0, 0.05) is 27.4 Å². The van der Waals surface area contributed by atoms with Crippen LogP contribution in [0.3, 0.4) is 0 Å². The molecule has 0 saturated heterocycles. The van der Waals surface area contributed by atoms with Gasteiger partial charge >= 0.3 is 5.97 Å². The van der Waals surface area contributed by atoms with Crippen LogP contribution in [0, 0.1) is 13.8 Å². The number of carbonyl (C=O) groups excluding carboxylic acids is 2. The van der Waals surface area contributed by atoms with E-state index in [2.05, 4.69) is 5.32 Å². The van der Waals surface area contributed by atoms with E-state index >= 15 is 0 Å². The standard InChI is InChI=1S/C26H23Cl2NO4/c1-17-6-12-24(18(2)14-17)29-25(30)16-33-26(31)13-9-19-7-10-20(11-8-19)32-15-21-22(27)4-3-5-23(21)28/h3-14H,15-16H2,1-2H3,(H,29,30)/b13-9+. The van der Waals surface area contributed by atoms with Crippen LogP contribution in [-0.2, 0) is 20.9 Å². The summed E-state index contributed by atoms with van der Waals surface area (Å²) in [7, 11) is 0. The van der Waals surface area contributed by atoms with Gasteiger partial charge in [-0.3, -0.25) is 4.79 Å². The summed E-state index contributed by atoms with van der Waals surface area (Å²) in [5.41, 5.74) is 4.23. The van der Waals surface area contributed by atoms with Gasteiger partial charge in [-0.15, -0.1) is 0 Å². The monoisotopic (exact) mass is 483 g/mol. The maximum Gasteiger partial charge on any atom is 0.331 e. The Balaban J connectivity index is 1.46. The Morgan fingerprint density at radius 2 is 1.67 bits per heavy atom. The number of carbonyl (C=O) groups is 2. The van der Waals surface area contributed by atoms with E-state index in [1.165, 1.54) is 6.08 Å². The zero-order valence-corrected chi connectivity index (χ0v) is 19.7. The van der Waals surface area contributed by atoms with E-state index in [9.17, 15) is 9.59 Å². The van der Waals surface area contributed by atoms with Crippen molar-refractivity contribution in [2.45, 2.75) is 20.5 Å². The number of halogens is 2. The van der Waals surface area contributed by atoms with Crippen LogP contribution >= 0.6 is 23.2 Å². The molecule has 0 radical (unpaired) electrons. The Morgan fingerprint density at radius 1 is 0.970 bits per heavy atom. The fraction of sp³-hybridized carbons (Fsp3) is 0.154. The number of nitrogens with one attached hydrogen (secondary N) is 1. The zero-order chi connectivity index (χ0) is 23.8. The number of hydrogen-bond acceptors (Lipinski definition) is 4. The Labute approximate surface area is 202 Å². The van der Waals surface area contributed by atoms with Gasteiger partial charge in [0.25, 0.3) is 5.91 Å². The molecule has 0 heterocycles. The van der Waals surface area contributed by atoms with E-state index < -0.39 is 11.9 Å². The van der Waals surface area contributed by atoms with Gasteiger partial charge in [0.15, 0.2) is 6.61 Å². The summed E-state index contributed by atoms with van der Waals surface area (Å²) in [6, 6.07) is 18.1. The molecule has 0 bridgehead atoms. The number of aryl methyl sites for hydroxylation is 2. The van der Waals surface area contributed by atoms with Gasteiger partial charge in [-0.25, -0.2) is 4.79 Å². The first-order valence-corrected chi connectivity index (χ1v) is 10.9. The highest BCUT2D eigenvalue weighted by Crippen LogP contribution is 2.26. The molecule has 3 aromatic rings. The Bertz CT molecular complexity index is 1150. The number of hydrogen-bond donors (Lipinski definition) is 1. The number of rotatable bonds is 8. The molecule has 0 spiro atoms. The highest BCUT2D eigenvalue weighted by molar-refractivity contribution is 6.35. The second kappa shape index (κ2) is 11.5. The largest absolute Gasteiger partial charge is 0.489 e. The number of anilines is 1. The van der Waals surface area contributed by atoms with Crippen molar-refractivity contribution < 1.29 is 19.1 Å². The first-order valence-electron chi connectivity index (χ1n) is 10.2. The van der Waals surface area contributed by atoms with Gasteiger partial charge in [0.1, 0.15) is 12.4 Å². The first kappa shape index (κ1) is 24.4. The smallest absolute Gasteiger partial charge is 0.331 e. The lowest BCUT2D eigenvalue weighted by Gasteiger charge is -2.09. The minimum Gasteiger partial charge on any atom is -0.489 e. The maximum absolute atomic E-state index is 12.0. The van der Waals surface area contributed by atoms with Gasteiger partial charge < -0.3 is 14.8 Å². The van der Waals surface area contributed by atoms with Crippen LogP contribution in [-0.4, -0.2) is 18.5 Å². The molecule has 0 aliphatic carbocycles. The van der Waals surface area contributed by atoms with Crippen LogP contribution in [0.5, 0.6) is 5.75 Å². The summed E-state index contributed by atoms with van der Waals surface area (Å²) in [5.74, 6) is -0.378. The summed E-state index contributed by atoms with van der Waals surface area (Å²) in [5, 5.41) is 3.82. The fourth-order valence-electron chi connectivity index (χ4n) is 2.99. The quantitative estimate of drug-likeness (QED) is 0.298. The number of ether oxygens (including phenoxy) is 2. The van der Waals surface area contributed by atoms with Crippen molar-refractivity contribution in [3.63, 3.8) is 0 Å². The predicted octanol–water partition coefficient (Wildman–Crippen LogP) is 6.38. The Morgan fingerprint density at radius 3 is 2.33 bits per heavy atom. The lowest BCUT2D eigenvalue weighted by Crippen LogP contribution is -2.20. The van der Waals surface area contributed by atoms with E-state index in [4.69, 9.17) is 32.7 Å². The molecule has 3 rings (SSSR count). The van der Waals surface area contributed by atoms with Crippen LogP contribution < -0.4 is 10.1 Å². The van der Waals surface area contributed by atoms with Gasteiger partial charge in [0.2, 0.25) is 0 Å². The molecule has 7 heteroatoms. The summed E-state index contributed by atoms with van der Waals surface area (Å²) in [6.07, 6.45) is 2.86. The van der Waals surface area contributed by atoms with Gasteiger partial charge in [-0.2, -0.15) is 0 Å². The highest BCUT2D eigenvalue weighted by atomic mass is 35.5. The van der Waals surface area contributed by atoms with E-state index in [-0.39, 0.29) is 13.2 Å². The third-order valence-corrected chi connectivity index (χ3v) is 5.45. The molecule has 0 atom stereocenters. The second-order valence-corrected chi connectivity index (χ2v) is 8.18. The van der Waals surface area contributed by atoms with Gasteiger partial charge in [-0.05, 0) is 61.4 Å². The highest BCUT2D eigenvalue weighted by Gasteiger charge is 2.08. The van der Waals surface area contributed by atoms with Crippen LogP contribution in [0.25, 0.3) is 6.08 Å². The SMILES string of the molecule is Cc1ccc(NC(=O)COC(=O)/C=C/c2ccc(OCc3c(Cl)cccc3Cl)cc2)c(C)c1. The van der Waals surface area contributed by atoms with Crippen molar-refractivity contribution in [1.82, 2.24) is 0 Å². The lowest BCUT2D eigenvalue weighted by atomic mass is 10.1. The van der Waals surface area contributed by atoms with Crippen molar-refractivity contribution in [3.05, 3.63) is 99.0 Å². The summed E-state index contributed by atoms with van der Waals surface area (Å²) in [6.45, 7) is 3.75. The molecule has 0 saturated carbocycles. The van der Waals surface area contributed by atoms with E-state index in [1.807, 2.05) is 32.0 Å². The molecule has 5 nitrogen and oxygen atoms in total. The normalized spacial score (nSPS) is 10.8. The molecule has 0 aliphatic heterocycles. The van der Waals surface area contributed by atoms with E-state index in [0.717, 1.165) is 16.7 Å². The molecule has 1 N–H and O–H groups in total. The minimum absolute atomic E-state index is 0.240. The number of amides is 1. The first-order chi connectivity index (χ1) is 15.8. The topological polar surface area (TPSA) is 64.6 Å². The molecule has 1 amide bonds. The van der Waals surface area contributed by atoms with E-state index in [1.54, 1.807) is 48.5 Å². The predicted molar refractivity (Wildman–Crippen MR) is 132 cm³/mol. The summed E-state index contributed by atoms with van der Waals surface area (Å²) >= 11 is 12.3. The lowest BCUT2D eigenvalue weighted by molar-refractivity contribution is -0.142. The Hall–Kier alpha value is -3.28. The van der Waals surface area contributed by atoms with Gasteiger partial charge in [0.05, 0.1) is 0 Å². The van der Waals surface area contributed by atoms with E-state index in [0.29, 0.717) is 27.0 Å². The van der Waals surface area contributed by atoms with Crippen LogP contribution in [0.15, 0.2) is 66.7 Å². The Kier molecular flexibility index (Phi) is 8.52. The summed E-state index contributed by atoms with van der Waals surface area (Å²) < 4.78 is 10.7. The van der Waals surface area contributed by atoms with Crippen molar-refractivity contribution in [2.75, 3.05) is 11.9 Å². The van der Waals surface area contributed by atoms with Crippen molar-refractivity contribution in [2.24, 2.45) is 0 Å². The average Bonchev–Trinajstić information content (AvgIpc) is 2.78. The zero-order valence-electron chi connectivity index (χ0n) is 18.2. The number of benzene rings is 3. The molecular weight excluding hydrogens is 461 g/mol. The molecule has 33 heavy (non-hydrogen) atoms. The van der Waals surface area contributed by atoms with Crippen LogP contribution in [0.2, 0.25) is 10.0 Å². The molecule has 170 valence electrons. The van der Waals surface area contributed by atoms with Gasteiger partial charge in [-0.1, -0.05) is 59.1 Å². The van der Waals surface area contributed by atoms with Crippen LogP contribution in [0.4, 0.5) is 5.69 Å². The van der Waals surface area contributed by atoms with Crippen LogP contribution in [0.1, 0.15) is 22.3 Å². The second-order valence-electron chi connectivity index (χ2n) is 7.37. The molecule has 3 aromatic carbocycles. The third kappa shape index (κ3) is 7.38. The molecule has 0 aromatic heterocycles. The third-order valence-electron chi connectivity index (χ3n) is 4.74. The number of esters is 1. The minimum atomic E-state index is -0.612.